The lowest BCUT2D eigenvalue weighted by Gasteiger charge is -2.17. The minimum absolute atomic E-state index is 0.159. The first-order valence-electron chi connectivity index (χ1n) is 6.26. The van der Waals surface area contributed by atoms with Gasteiger partial charge in [-0.25, -0.2) is 4.98 Å². The van der Waals surface area contributed by atoms with Crippen LogP contribution in [0.4, 0.5) is 0 Å². The molecule has 0 saturated heterocycles. The van der Waals surface area contributed by atoms with Crippen LogP contribution in [0.25, 0.3) is 0 Å². The van der Waals surface area contributed by atoms with Crippen molar-refractivity contribution in [1.29, 1.82) is 0 Å². The van der Waals surface area contributed by atoms with Gasteiger partial charge in [-0.1, -0.05) is 35.5 Å². The van der Waals surface area contributed by atoms with Gasteiger partial charge in [-0.3, -0.25) is 0 Å². The molecule has 1 heterocycles. The zero-order chi connectivity index (χ0) is 14.4. The minimum atomic E-state index is -0.250. The molecular formula is C14H18N4O2. The largest absolute Gasteiger partial charge is 0.409 e. The number of nitrogens with two attached hydrogens (primary N) is 1. The maximum absolute atomic E-state index is 9.00. The number of methoxy groups -OCH3 is 1. The van der Waals surface area contributed by atoms with E-state index in [9.17, 15) is 0 Å². The zero-order valence-corrected chi connectivity index (χ0v) is 11.3. The fraction of sp³-hybridized carbons (Fsp3) is 0.286. The van der Waals surface area contributed by atoms with E-state index < -0.39 is 0 Å². The number of rotatable bonds is 6. The molecule has 6 nitrogen and oxygen atoms in total. The van der Waals surface area contributed by atoms with Crippen molar-refractivity contribution in [2.24, 2.45) is 10.9 Å². The molecule has 106 valence electrons. The zero-order valence-electron chi connectivity index (χ0n) is 11.3. The molecule has 0 spiro atoms. The summed E-state index contributed by atoms with van der Waals surface area (Å²) in [6.45, 7) is 0.374. The molecule has 2 aromatic rings. The quantitative estimate of drug-likeness (QED) is 0.362. The molecular weight excluding hydrogens is 256 g/mol. The molecule has 20 heavy (non-hydrogen) atoms. The Hall–Kier alpha value is -2.34. The monoisotopic (exact) mass is 274 g/mol. The average molecular weight is 274 g/mol. The van der Waals surface area contributed by atoms with Crippen molar-refractivity contribution in [3.63, 3.8) is 0 Å². The summed E-state index contributed by atoms with van der Waals surface area (Å²) in [5.74, 6) is -0.0910. The maximum atomic E-state index is 9.00. The number of hydrogen-bond acceptors (Lipinski definition) is 4. The second-order valence-corrected chi connectivity index (χ2v) is 4.47. The summed E-state index contributed by atoms with van der Waals surface area (Å²) in [6.07, 6.45) is 4.01. The second kappa shape index (κ2) is 6.72. The van der Waals surface area contributed by atoms with Gasteiger partial charge in [-0.05, 0) is 12.0 Å². The molecule has 3 N–H and O–H groups in total. The molecule has 1 aromatic carbocycles. The van der Waals surface area contributed by atoms with Gasteiger partial charge in [0, 0.05) is 13.3 Å². The Labute approximate surface area is 117 Å². The Bertz CT molecular complexity index is 566. The van der Waals surface area contributed by atoms with Gasteiger partial charge in [0.2, 0.25) is 0 Å². The number of benzene rings is 1. The summed E-state index contributed by atoms with van der Waals surface area (Å²) >= 11 is 0. The number of imidazole rings is 1. The van der Waals surface area contributed by atoms with Crippen molar-refractivity contribution in [3.05, 3.63) is 54.1 Å². The highest BCUT2D eigenvalue weighted by atomic mass is 16.5. The highest BCUT2D eigenvalue weighted by Gasteiger charge is 2.21. The Balaban J connectivity index is 2.30. The lowest BCUT2D eigenvalue weighted by Crippen LogP contribution is -2.26. The number of amidine groups is 1. The fourth-order valence-electron chi connectivity index (χ4n) is 2.15. The summed E-state index contributed by atoms with van der Waals surface area (Å²) in [6, 6.07) is 9.90. The molecule has 1 aromatic heterocycles. The van der Waals surface area contributed by atoms with Crippen LogP contribution >= 0.6 is 0 Å². The first-order chi connectivity index (χ1) is 9.76. The van der Waals surface area contributed by atoms with Crippen LogP contribution in [0, 0.1) is 0 Å². The molecule has 0 radical (unpaired) electrons. The summed E-state index contributed by atoms with van der Waals surface area (Å²) in [4.78, 5) is 4.11. The number of aromatic nitrogens is 2. The summed E-state index contributed by atoms with van der Waals surface area (Å²) in [5, 5.41) is 12.2. The van der Waals surface area contributed by atoms with Crippen LogP contribution in [0.5, 0.6) is 0 Å². The molecule has 0 bridgehead atoms. The number of nitrogens with zero attached hydrogens (tertiary/aromatic N) is 3. The predicted molar refractivity (Wildman–Crippen MR) is 75.5 cm³/mol. The Morgan fingerprint density at radius 2 is 2.20 bits per heavy atom. The van der Waals surface area contributed by atoms with Crippen molar-refractivity contribution in [3.8, 4) is 0 Å². The predicted octanol–water partition coefficient (Wildman–Crippen LogP) is 1.56. The van der Waals surface area contributed by atoms with E-state index in [1.165, 1.54) is 0 Å². The molecule has 0 aliphatic rings. The third-order valence-corrected chi connectivity index (χ3v) is 3.12. The molecule has 0 unspecified atom stereocenters. The molecule has 0 amide bonds. The Kier molecular flexibility index (Phi) is 4.73. The topological polar surface area (TPSA) is 85.7 Å². The van der Waals surface area contributed by atoms with E-state index in [-0.39, 0.29) is 11.8 Å². The first kappa shape index (κ1) is 14.1. The third-order valence-electron chi connectivity index (χ3n) is 3.12. The van der Waals surface area contributed by atoms with Crippen molar-refractivity contribution >= 4 is 5.84 Å². The standard InChI is InChI=1S/C14H18N4O2/c1-20-10-18-9-16-8-13(18)12(14(15)17-19)7-11-5-3-2-4-6-11/h2-6,8-9,12,19H,7,10H2,1H3,(H2,15,17)/t12-/m0/s1. The van der Waals surface area contributed by atoms with Crippen LogP contribution in [0.2, 0.25) is 0 Å². The SMILES string of the molecule is COCn1cncc1[C@H](Cc1ccccc1)/C(N)=N\O. The van der Waals surface area contributed by atoms with Gasteiger partial charge in [-0.2, -0.15) is 0 Å². The molecule has 6 heteroatoms. The van der Waals surface area contributed by atoms with Crippen molar-refractivity contribution in [1.82, 2.24) is 9.55 Å². The number of oxime groups is 1. The molecule has 0 fully saturated rings. The molecule has 0 saturated carbocycles. The van der Waals surface area contributed by atoms with Gasteiger partial charge >= 0.3 is 0 Å². The lowest BCUT2D eigenvalue weighted by molar-refractivity contribution is 0.128. The maximum Gasteiger partial charge on any atom is 0.148 e. The highest BCUT2D eigenvalue weighted by molar-refractivity contribution is 5.86. The van der Waals surface area contributed by atoms with E-state index >= 15 is 0 Å². The molecule has 0 aliphatic heterocycles. The summed E-state index contributed by atoms with van der Waals surface area (Å²) in [7, 11) is 1.61. The van der Waals surface area contributed by atoms with E-state index in [4.69, 9.17) is 15.7 Å². The fourth-order valence-corrected chi connectivity index (χ4v) is 2.15. The Morgan fingerprint density at radius 1 is 1.45 bits per heavy atom. The van der Waals surface area contributed by atoms with Crippen LogP contribution in [0.3, 0.4) is 0 Å². The van der Waals surface area contributed by atoms with Gasteiger partial charge in [0.15, 0.2) is 0 Å². The van der Waals surface area contributed by atoms with Crippen LogP contribution < -0.4 is 5.73 Å². The smallest absolute Gasteiger partial charge is 0.148 e. The molecule has 0 aliphatic carbocycles. The van der Waals surface area contributed by atoms with Crippen molar-refractivity contribution in [2.75, 3.05) is 7.11 Å². The van der Waals surface area contributed by atoms with E-state index in [2.05, 4.69) is 10.1 Å². The summed E-state index contributed by atoms with van der Waals surface area (Å²) < 4.78 is 6.96. The van der Waals surface area contributed by atoms with Gasteiger partial charge in [0.25, 0.3) is 0 Å². The average Bonchev–Trinajstić information content (AvgIpc) is 2.93. The van der Waals surface area contributed by atoms with Crippen molar-refractivity contribution < 1.29 is 9.94 Å². The van der Waals surface area contributed by atoms with E-state index in [0.29, 0.717) is 13.2 Å². The molecule has 1 atom stereocenters. The third kappa shape index (κ3) is 3.16. The van der Waals surface area contributed by atoms with E-state index in [1.54, 1.807) is 19.6 Å². The number of hydrogen-bond donors (Lipinski definition) is 2. The van der Waals surface area contributed by atoms with E-state index in [0.717, 1.165) is 11.3 Å². The van der Waals surface area contributed by atoms with Crippen LogP contribution in [-0.2, 0) is 17.9 Å². The van der Waals surface area contributed by atoms with Gasteiger partial charge in [-0.15, -0.1) is 0 Å². The minimum Gasteiger partial charge on any atom is -0.409 e. The second-order valence-electron chi connectivity index (χ2n) is 4.47. The Morgan fingerprint density at radius 3 is 2.85 bits per heavy atom. The molecule has 2 rings (SSSR count). The highest BCUT2D eigenvalue weighted by Crippen LogP contribution is 2.21. The van der Waals surface area contributed by atoms with Crippen LogP contribution in [0.15, 0.2) is 48.0 Å². The van der Waals surface area contributed by atoms with Crippen molar-refractivity contribution in [2.45, 2.75) is 19.1 Å². The van der Waals surface area contributed by atoms with E-state index in [1.807, 2.05) is 34.9 Å². The number of ether oxygens (including phenoxy) is 1. The van der Waals surface area contributed by atoms with Crippen LogP contribution in [-0.4, -0.2) is 27.7 Å². The summed E-state index contributed by atoms with van der Waals surface area (Å²) in [5.41, 5.74) is 7.80. The van der Waals surface area contributed by atoms with Gasteiger partial charge in [0.1, 0.15) is 12.6 Å². The normalized spacial score (nSPS) is 13.3. The van der Waals surface area contributed by atoms with Gasteiger partial charge < -0.3 is 20.2 Å². The lowest BCUT2D eigenvalue weighted by atomic mass is 9.95. The van der Waals surface area contributed by atoms with Crippen LogP contribution in [0.1, 0.15) is 17.2 Å². The van der Waals surface area contributed by atoms with Gasteiger partial charge in [0.05, 0.1) is 17.9 Å². The first-order valence-corrected chi connectivity index (χ1v) is 6.26.